The lowest BCUT2D eigenvalue weighted by molar-refractivity contribution is -0.121. The molecule has 0 spiro atoms. The molecule has 0 unspecified atom stereocenters. The lowest BCUT2D eigenvalue weighted by atomic mass is 9.96. The van der Waals surface area contributed by atoms with Crippen LogP contribution in [0.5, 0.6) is 0 Å². The SMILES string of the molecule is O=C(Cn1cn[nH]c1=O)NCC1(c2cccc(F)c2)CC1. The molecule has 0 radical (unpaired) electrons. The fourth-order valence-corrected chi connectivity index (χ4v) is 2.40. The molecule has 1 aromatic heterocycles. The average molecular weight is 290 g/mol. The van der Waals surface area contributed by atoms with Crippen molar-refractivity contribution in [1.29, 1.82) is 0 Å². The zero-order chi connectivity index (χ0) is 14.9. The molecule has 3 rings (SSSR count). The van der Waals surface area contributed by atoms with Crippen LogP contribution in [-0.4, -0.2) is 27.2 Å². The van der Waals surface area contributed by atoms with E-state index in [-0.39, 0.29) is 23.7 Å². The van der Waals surface area contributed by atoms with E-state index in [1.165, 1.54) is 23.0 Å². The van der Waals surface area contributed by atoms with Crippen LogP contribution in [0.25, 0.3) is 0 Å². The minimum absolute atomic E-state index is 0.0748. The molecule has 7 heteroatoms. The number of aromatic amines is 1. The first-order valence-corrected chi connectivity index (χ1v) is 6.72. The van der Waals surface area contributed by atoms with E-state index in [4.69, 9.17) is 0 Å². The van der Waals surface area contributed by atoms with Gasteiger partial charge in [-0.15, -0.1) is 0 Å². The van der Waals surface area contributed by atoms with Gasteiger partial charge in [0.15, 0.2) is 0 Å². The zero-order valence-corrected chi connectivity index (χ0v) is 11.3. The molecule has 1 saturated carbocycles. The lowest BCUT2D eigenvalue weighted by Crippen LogP contribution is -2.36. The molecule has 1 fully saturated rings. The van der Waals surface area contributed by atoms with Crippen LogP contribution in [0.4, 0.5) is 4.39 Å². The van der Waals surface area contributed by atoms with Crippen molar-refractivity contribution < 1.29 is 9.18 Å². The molecule has 1 aliphatic rings. The molecule has 1 aliphatic carbocycles. The third-order valence-corrected chi connectivity index (χ3v) is 3.85. The first-order chi connectivity index (χ1) is 10.1. The number of carbonyl (C=O) groups excluding carboxylic acids is 1. The molecule has 21 heavy (non-hydrogen) atoms. The number of hydrogen-bond donors (Lipinski definition) is 2. The molecule has 1 heterocycles. The van der Waals surface area contributed by atoms with E-state index in [2.05, 4.69) is 15.5 Å². The van der Waals surface area contributed by atoms with Crippen molar-refractivity contribution in [2.75, 3.05) is 6.54 Å². The highest BCUT2D eigenvalue weighted by molar-refractivity contribution is 5.75. The van der Waals surface area contributed by atoms with Gasteiger partial charge in [0.1, 0.15) is 18.7 Å². The maximum atomic E-state index is 13.3. The minimum Gasteiger partial charge on any atom is -0.354 e. The third-order valence-electron chi connectivity index (χ3n) is 3.85. The van der Waals surface area contributed by atoms with Gasteiger partial charge >= 0.3 is 5.69 Å². The number of rotatable bonds is 5. The highest BCUT2D eigenvalue weighted by Gasteiger charge is 2.44. The van der Waals surface area contributed by atoms with E-state index >= 15 is 0 Å². The minimum atomic E-state index is -0.420. The molecule has 1 aromatic carbocycles. The number of nitrogens with zero attached hydrogens (tertiary/aromatic N) is 2. The Morgan fingerprint density at radius 3 is 2.90 bits per heavy atom. The van der Waals surface area contributed by atoms with Crippen molar-refractivity contribution >= 4 is 5.91 Å². The standard InChI is InChI=1S/C14H15FN4O2/c15-11-3-1-2-10(6-11)14(4-5-14)8-16-12(20)7-19-9-17-18-13(19)21/h1-3,6,9H,4-5,7-8H2,(H,16,20)(H,18,21). The summed E-state index contributed by atoms with van der Waals surface area (Å²) in [5.74, 6) is -0.531. The van der Waals surface area contributed by atoms with Gasteiger partial charge in [0.25, 0.3) is 0 Å². The quantitative estimate of drug-likeness (QED) is 0.844. The number of carbonyl (C=O) groups is 1. The van der Waals surface area contributed by atoms with E-state index in [9.17, 15) is 14.0 Å². The first kappa shape index (κ1) is 13.5. The number of aromatic nitrogens is 3. The van der Waals surface area contributed by atoms with Crippen molar-refractivity contribution in [2.45, 2.75) is 24.8 Å². The summed E-state index contributed by atoms with van der Waals surface area (Å²) >= 11 is 0. The van der Waals surface area contributed by atoms with Crippen LogP contribution >= 0.6 is 0 Å². The number of amides is 1. The van der Waals surface area contributed by atoms with Gasteiger partial charge in [-0.1, -0.05) is 12.1 Å². The van der Waals surface area contributed by atoms with Crippen molar-refractivity contribution in [1.82, 2.24) is 20.1 Å². The molecule has 6 nitrogen and oxygen atoms in total. The predicted molar refractivity (Wildman–Crippen MR) is 73.2 cm³/mol. The topological polar surface area (TPSA) is 79.8 Å². The van der Waals surface area contributed by atoms with Crippen LogP contribution in [0, 0.1) is 5.82 Å². The smallest absolute Gasteiger partial charge is 0.343 e. The molecular formula is C14H15FN4O2. The normalized spacial score (nSPS) is 15.7. The van der Waals surface area contributed by atoms with E-state index < -0.39 is 5.69 Å². The van der Waals surface area contributed by atoms with E-state index in [1.807, 2.05) is 6.07 Å². The number of halogens is 1. The Hall–Kier alpha value is -2.44. The fourth-order valence-electron chi connectivity index (χ4n) is 2.40. The second kappa shape index (κ2) is 5.16. The Morgan fingerprint density at radius 1 is 1.48 bits per heavy atom. The summed E-state index contributed by atoms with van der Waals surface area (Å²) < 4.78 is 14.5. The van der Waals surface area contributed by atoms with Gasteiger partial charge in [-0.25, -0.2) is 14.3 Å². The van der Waals surface area contributed by atoms with Crippen molar-refractivity contribution in [3.05, 3.63) is 52.5 Å². The molecule has 0 bridgehead atoms. The summed E-state index contributed by atoms with van der Waals surface area (Å²) in [6.07, 6.45) is 3.12. The maximum Gasteiger partial charge on any atom is 0.343 e. The number of benzene rings is 1. The Kier molecular flexibility index (Phi) is 3.32. The van der Waals surface area contributed by atoms with E-state index in [1.54, 1.807) is 6.07 Å². The van der Waals surface area contributed by atoms with E-state index in [0.717, 1.165) is 18.4 Å². The second-order valence-electron chi connectivity index (χ2n) is 5.36. The van der Waals surface area contributed by atoms with Gasteiger partial charge in [-0.2, -0.15) is 5.10 Å². The highest BCUT2D eigenvalue weighted by Crippen LogP contribution is 2.47. The van der Waals surface area contributed by atoms with Crippen molar-refractivity contribution in [3.8, 4) is 0 Å². The summed E-state index contributed by atoms with van der Waals surface area (Å²) in [6, 6.07) is 6.48. The predicted octanol–water partition coefficient (Wildman–Crippen LogP) is 0.559. The lowest BCUT2D eigenvalue weighted by Gasteiger charge is -2.16. The molecule has 110 valence electrons. The first-order valence-electron chi connectivity index (χ1n) is 6.72. The summed E-state index contributed by atoms with van der Waals surface area (Å²) in [5, 5.41) is 8.59. The number of nitrogens with one attached hydrogen (secondary N) is 2. The summed E-state index contributed by atoms with van der Waals surface area (Å²) in [4.78, 5) is 23.1. The maximum absolute atomic E-state index is 13.3. The van der Waals surface area contributed by atoms with Crippen molar-refractivity contribution in [3.63, 3.8) is 0 Å². The largest absolute Gasteiger partial charge is 0.354 e. The number of H-pyrrole nitrogens is 1. The van der Waals surface area contributed by atoms with Crippen LogP contribution in [-0.2, 0) is 16.8 Å². The van der Waals surface area contributed by atoms with Gasteiger partial charge in [-0.05, 0) is 30.5 Å². The second-order valence-corrected chi connectivity index (χ2v) is 5.36. The van der Waals surface area contributed by atoms with E-state index in [0.29, 0.717) is 6.54 Å². The molecule has 2 aromatic rings. The number of hydrogen-bond acceptors (Lipinski definition) is 3. The molecule has 0 atom stereocenters. The Bertz CT molecular complexity index is 718. The third kappa shape index (κ3) is 2.86. The Morgan fingerprint density at radius 2 is 2.29 bits per heavy atom. The van der Waals surface area contributed by atoms with Crippen molar-refractivity contribution in [2.24, 2.45) is 0 Å². The summed E-state index contributed by atoms with van der Waals surface area (Å²) in [7, 11) is 0. The van der Waals surface area contributed by atoms with Gasteiger partial charge in [-0.3, -0.25) is 9.36 Å². The molecule has 0 saturated heterocycles. The van der Waals surface area contributed by atoms with Crippen LogP contribution in [0.2, 0.25) is 0 Å². The molecule has 1 amide bonds. The van der Waals surface area contributed by atoms with Crippen LogP contribution < -0.4 is 11.0 Å². The van der Waals surface area contributed by atoms with Gasteiger partial charge in [0.2, 0.25) is 5.91 Å². The average Bonchev–Trinajstić information content (AvgIpc) is 3.16. The fraction of sp³-hybridized carbons (Fsp3) is 0.357. The monoisotopic (exact) mass is 290 g/mol. The van der Waals surface area contributed by atoms with Crippen LogP contribution in [0.1, 0.15) is 18.4 Å². The molecular weight excluding hydrogens is 275 g/mol. The highest BCUT2D eigenvalue weighted by atomic mass is 19.1. The Balaban J connectivity index is 1.61. The van der Waals surface area contributed by atoms with Crippen LogP contribution in [0.3, 0.4) is 0 Å². The van der Waals surface area contributed by atoms with Gasteiger partial charge < -0.3 is 5.32 Å². The van der Waals surface area contributed by atoms with Crippen LogP contribution in [0.15, 0.2) is 35.4 Å². The van der Waals surface area contributed by atoms with Gasteiger partial charge in [0, 0.05) is 12.0 Å². The molecule has 0 aliphatic heterocycles. The molecule has 2 N–H and O–H groups in total. The Labute approximate surface area is 120 Å². The van der Waals surface area contributed by atoms with Gasteiger partial charge in [0.05, 0.1) is 0 Å². The zero-order valence-electron chi connectivity index (χ0n) is 11.3. The summed E-state index contributed by atoms with van der Waals surface area (Å²) in [6.45, 7) is 0.371. The summed E-state index contributed by atoms with van der Waals surface area (Å²) in [5.41, 5.74) is 0.318.